The van der Waals surface area contributed by atoms with Crippen molar-refractivity contribution in [2.24, 2.45) is 0 Å². The van der Waals surface area contributed by atoms with Crippen molar-refractivity contribution in [2.45, 2.75) is 33.3 Å². The summed E-state index contributed by atoms with van der Waals surface area (Å²) in [6.07, 6.45) is 0. The molecule has 0 aromatic heterocycles. The van der Waals surface area contributed by atoms with Crippen molar-refractivity contribution < 1.29 is 35.1 Å². The highest BCUT2D eigenvalue weighted by Gasteiger charge is 2.82. The highest BCUT2D eigenvalue weighted by Crippen LogP contribution is 2.56. The standard InChI is InChI=1S/C8H6Br4F8/c9-1-3(11)5(13,14)7(17,18)8(19,20)6(15,16)4(12)2-10/h3-4H,1-2H2. The summed E-state index contributed by atoms with van der Waals surface area (Å²) in [5.41, 5.74) is 0. The Bertz CT molecular complexity index is 302. The maximum atomic E-state index is 13.3. The van der Waals surface area contributed by atoms with E-state index in [0.717, 1.165) is 0 Å². The van der Waals surface area contributed by atoms with Gasteiger partial charge in [-0.25, -0.2) is 0 Å². The second-order valence-electron chi connectivity index (χ2n) is 3.64. The van der Waals surface area contributed by atoms with Gasteiger partial charge in [-0.05, 0) is 0 Å². The van der Waals surface area contributed by atoms with Crippen molar-refractivity contribution in [1.29, 1.82) is 0 Å². The van der Waals surface area contributed by atoms with Crippen LogP contribution in [-0.2, 0) is 0 Å². The number of hydrogen-bond acceptors (Lipinski definition) is 0. The van der Waals surface area contributed by atoms with Gasteiger partial charge in [0, 0.05) is 10.7 Å². The van der Waals surface area contributed by atoms with Crippen LogP contribution in [0.25, 0.3) is 0 Å². The van der Waals surface area contributed by atoms with Gasteiger partial charge in [-0.2, -0.15) is 35.1 Å². The third-order valence-electron chi connectivity index (χ3n) is 2.29. The summed E-state index contributed by atoms with van der Waals surface area (Å²) in [4.78, 5) is -4.91. The zero-order chi connectivity index (χ0) is 16.6. The highest BCUT2D eigenvalue weighted by atomic mass is 79.9. The molecule has 0 bridgehead atoms. The second-order valence-corrected chi connectivity index (χ2v) is 7.14. The molecular weight excluding hydrogens is 568 g/mol. The van der Waals surface area contributed by atoms with Crippen molar-refractivity contribution in [3.63, 3.8) is 0 Å². The Morgan fingerprint density at radius 2 is 0.800 bits per heavy atom. The SMILES string of the molecule is FC(F)(C(Br)CBr)C(F)(F)C(F)(F)C(F)(F)C(Br)CBr. The molecule has 0 heterocycles. The molecule has 0 aromatic rings. The first-order valence-corrected chi connectivity index (χ1v) is 8.70. The molecule has 0 amide bonds. The lowest BCUT2D eigenvalue weighted by Crippen LogP contribution is -2.66. The third kappa shape index (κ3) is 3.32. The minimum atomic E-state index is -6.26. The minimum absolute atomic E-state index is 0.840. The van der Waals surface area contributed by atoms with E-state index in [4.69, 9.17) is 0 Å². The van der Waals surface area contributed by atoms with E-state index in [-0.39, 0.29) is 0 Å². The van der Waals surface area contributed by atoms with Crippen LogP contribution in [0.4, 0.5) is 35.1 Å². The Balaban J connectivity index is 5.79. The van der Waals surface area contributed by atoms with E-state index in [0.29, 0.717) is 0 Å². The van der Waals surface area contributed by atoms with Crippen LogP contribution in [0, 0.1) is 0 Å². The van der Waals surface area contributed by atoms with Crippen molar-refractivity contribution >= 4 is 63.7 Å². The summed E-state index contributed by atoms with van der Waals surface area (Å²) in [5.74, 6) is -23.3. The Labute approximate surface area is 142 Å². The molecule has 0 aliphatic heterocycles. The Morgan fingerprint density at radius 1 is 0.600 bits per heavy atom. The molecule has 122 valence electrons. The van der Waals surface area contributed by atoms with E-state index in [2.05, 4.69) is 63.7 Å². The lowest BCUT2D eigenvalue weighted by molar-refractivity contribution is -0.362. The average molecular weight is 574 g/mol. The molecule has 0 spiro atoms. The topological polar surface area (TPSA) is 0 Å². The summed E-state index contributed by atoms with van der Waals surface area (Å²) in [6.45, 7) is 0. The molecule has 0 aliphatic rings. The van der Waals surface area contributed by atoms with Gasteiger partial charge in [-0.15, -0.1) is 0 Å². The number of halogens is 12. The smallest absolute Gasteiger partial charge is 0.198 e. The predicted molar refractivity (Wildman–Crippen MR) is 72.8 cm³/mol. The monoisotopic (exact) mass is 570 g/mol. The number of hydrogen-bond donors (Lipinski definition) is 0. The molecule has 0 nitrogen and oxygen atoms in total. The van der Waals surface area contributed by atoms with E-state index < -0.39 is 44.0 Å². The lowest BCUT2D eigenvalue weighted by atomic mass is 9.95. The fraction of sp³-hybridized carbons (Fsp3) is 1.00. The molecule has 0 N–H and O–H groups in total. The Morgan fingerprint density at radius 3 is 0.950 bits per heavy atom. The average Bonchev–Trinajstić information content (AvgIpc) is 2.35. The van der Waals surface area contributed by atoms with Crippen LogP contribution in [0.3, 0.4) is 0 Å². The van der Waals surface area contributed by atoms with E-state index >= 15 is 0 Å². The van der Waals surface area contributed by atoms with E-state index in [1.165, 1.54) is 0 Å². The summed E-state index contributed by atoms with van der Waals surface area (Å²) < 4.78 is 107. The Kier molecular flexibility index (Phi) is 7.32. The van der Waals surface area contributed by atoms with E-state index in [9.17, 15) is 35.1 Å². The van der Waals surface area contributed by atoms with Crippen molar-refractivity contribution in [1.82, 2.24) is 0 Å². The Hall–Kier alpha value is 1.36. The minimum Gasteiger partial charge on any atom is -0.198 e. The molecule has 0 aromatic carbocycles. The van der Waals surface area contributed by atoms with E-state index in [1.54, 1.807) is 0 Å². The molecule has 2 unspecified atom stereocenters. The normalized spacial score (nSPS) is 18.0. The molecule has 0 radical (unpaired) electrons. The molecule has 12 heteroatoms. The predicted octanol–water partition coefficient (Wildman–Crippen LogP) is 5.84. The van der Waals surface area contributed by atoms with E-state index in [1.807, 2.05) is 0 Å². The summed E-state index contributed by atoms with van der Waals surface area (Å²) in [7, 11) is 0. The van der Waals surface area contributed by atoms with Gasteiger partial charge in [0.15, 0.2) is 0 Å². The van der Waals surface area contributed by atoms with Crippen LogP contribution < -0.4 is 0 Å². The van der Waals surface area contributed by atoms with Crippen LogP contribution in [-0.4, -0.2) is 44.0 Å². The van der Waals surface area contributed by atoms with Crippen molar-refractivity contribution in [2.75, 3.05) is 10.7 Å². The van der Waals surface area contributed by atoms with Crippen LogP contribution >= 0.6 is 63.7 Å². The summed E-state index contributed by atoms with van der Waals surface area (Å²) >= 11 is 8.93. The van der Waals surface area contributed by atoms with Gasteiger partial charge >= 0.3 is 23.7 Å². The van der Waals surface area contributed by atoms with Gasteiger partial charge in [0.05, 0.1) is 9.65 Å². The van der Waals surface area contributed by atoms with Crippen LogP contribution in [0.5, 0.6) is 0 Å². The number of rotatable bonds is 7. The molecule has 0 saturated carbocycles. The lowest BCUT2D eigenvalue weighted by Gasteiger charge is -2.39. The maximum Gasteiger partial charge on any atom is 0.379 e. The molecule has 0 rings (SSSR count). The first-order chi connectivity index (χ1) is 8.71. The maximum absolute atomic E-state index is 13.3. The zero-order valence-electron chi connectivity index (χ0n) is 9.10. The van der Waals surface area contributed by atoms with Crippen molar-refractivity contribution in [3.8, 4) is 0 Å². The van der Waals surface area contributed by atoms with Crippen LogP contribution in [0.2, 0.25) is 0 Å². The highest BCUT2D eigenvalue weighted by molar-refractivity contribution is 9.12. The quantitative estimate of drug-likeness (QED) is 0.265. The first-order valence-electron chi connectivity index (χ1n) is 4.63. The fourth-order valence-corrected chi connectivity index (χ4v) is 2.39. The largest absolute Gasteiger partial charge is 0.379 e. The van der Waals surface area contributed by atoms with Crippen LogP contribution in [0.15, 0.2) is 0 Å². The first kappa shape index (κ1) is 21.4. The van der Waals surface area contributed by atoms with Crippen molar-refractivity contribution in [3.05, 3.63) is 0 Å². The van der Waals surface area contributed by atoms with Crippen LogP contribution in [0.1, 0.15) is 0 Å². The fourth-order valence-electron chi connectivity index (χ4n) is 1.01. The zero-order valence-corrected chi connectivity index (χ0v) is 15.4. The van der Waals surface area contributed by atoms with Gasteiger partial charge in [0.1, 0.15) is 0 Å². The molecule has 0 aliphatic carbocycles. The van der Waals surface area contributed by atoms with Gasteiger partial charge < -0.3 is 0 Å². The second kappa shape index (κ2) is 6.86. The summed E-state index contributed by atoms with van der Waals surface area (Å²) in [6, 6.07) is 0. The van der Waals surface area contributed by atoms with Gasteiger partial charge in [-0.1, -0.05) is 63.7 Å². The van der Waals surface area contributed by atoms with Gasteiger partial charge in [0.2, 0.25) is 0 Å². The third-order valence-corrected chi connectivity index (χ3v) is 7.12. The molecule has 0 fully saturated rings. The molecule has 20 heavy (non-hydrogen) atoms. The van der Waals surface area contributed by atoms with Gasteiger partial charge in [-0.3, -0.25) is 0 Å². The van der Waals surface area contributed by atoms with Gasteiger partial charge in [0.25, 0.3) is 0 Å². The molecule has 0 saturated heterocycles. The summed E-state index contributed by atoms with van der Waals surface area (Å²) in [5, 5.41) is -1.68. The molecular formula is C8H6Br4F8. The number of alkyl halides is 12. The molecule has 2 atom stereocenters.